The number of rotatable bonds is 7. The monoisotopic (exact) mass is 353 g/mol. The van der Waals surface area contributed by atoms with Crippen LogP contribution in [0.2, 0.25) is 0 Å². The van der Waals surface area contributed by atoms with Crippen molar-refractivity contribution in [2.45, 2.75) is 45.7 Å². The van der Waals surface area contributed by atoms with Gasteiger partial charge in [0.1, 0.15) is 5.56 Å². The molecule has 1 N–H and O–H groups in total. The van der Waals surface area contributed by atoms with E-state index in [2.05, 4.69) is 15.3 Å². The second kappa shape index (κ2) is 8.18. The first-order valence-corrected chi connectivity index (χ1v) is 8.26. The van der Waals surface area contributed by atoms with Gasteiger partial charge in [0.05, 0.1) is 6.61 Å². The fraction of sp³-hybridized carbons (Fsp3) is 0.444. The number of alkyl halides is 3. The summed E-state index contributed by atoms with van der Waals surface area (Å²) in [6.07, 6.45) is -2.33. The average Bonchev–Trinajstić information content (AvgIpc) is 2.54. The number of ether oxygens (including phenoxy) is 1. The number of unbranched alkanes of at least 4 members (excludes halogenated alkanes) is 1. The molecule has 2 rings (SSSR count). The van der Waals surface area contributed by atoms with Crippen LogP contribution in [-0.4, -0.2) is 16.6 Å². The molecular formula is C18H22F3N3O. The summed E-state index contributed by atoms with van der Waals surface area (Å²) in [4.78, 5) is 7.75. The first-order chi connectivity index (χ1) is 11.8. The SMILES string of the molecule is CCCCOc1nc(Nc2ccccc2C(C)C)ncc1C(F)(F)F. The van der Waals surface area contributed by atoms with Crippen molar-refractivity contribution in [1.29, 1.82) is 0 Å². The number of hydrogen-bond donors (Lipinski definition) is 1. The van der Waals surface area contributed by atoms with Crippen molar-refractivity contribution in [2.24, 2.45) is 0 Å². The van der Waals surface area contributed by atoms with E-state index < -0.39 is 17.6 Å². The van der Waals surface area contributed by atoms with E-state index in [1.165, 1.54) is 0 Å². The van der Waals surface area contributed by atoms with Gasteiger partial charge >= 0.3 is 6.18 Å². The summed E-state index contributed by atoms with van der Waals surface area (Å²) in [6.45, 7) is 6.18. The molecule has 1 aromatic carbocycles. The summed E-state index contributed by atoms with van der Waals surface area (Å²) >= 11 is 0. The zero-order valence-electron chi connectivity index (χ0n) is 14.5. The molecule has 0 aliphatic carbocycles. The molecule has 0 saturated heterocycles. The molecule has 0 fully saturated rings. The van der Waals surface area contributed by atoms with Gasteiger partial charge in [-0.05, 0) is 24.0 Å². The minimum Gasteiger partial charge on any atom is -0.477 e. The first-order valence-electron chi connectivity index (χ1n) is 8.26. The number of benzene rings is 1. The number of hydrogen-bond acceptors (Lipinski definition) is 4. The van der Waals surface area contributed by atoms with Crippen LogP contribution in [0.4, 0.5) is 24.8 Å². The molecule has 1 heterocycles. The number of aromatic nitrogens is 2. The lowest BCUT2D eigenvalue weighted by atomic mass is 10.0. The van der Waals surface area contributed by atoms with E-state index in [1.54, 1.807) is 0 Å². The number of nitrogens with zero attached hydrogens (tertiary/aromatic N) is 2. The minimum atomic E-state index is -4.56. The van der Waals surface area contributed by atoms with Crippen molar-refractivity contribution in [3.63, 3.8) is 0 Å². The Balaban J connectivity index is 2.32. The number of nitrogens with one attached hydrogen (secondary N) is 1. The third kappa shape index (κ3) is 5.08. The molecule has 0 spiro atoms. The molecule has 0 amide bonds. The van der Waals surface area contributed by atoms with Gasteiger partial charge in [0.25, 0.3) is 0 Å². The quantitative estimate of drug-likeness (QED) is 0.664. The van der Waals surface area contributed by atoms with Gasteiger partial charge < -0.3 is 10.1 Å². The number of halogens is 3. The Labute approximate surface area is 145 Å². The van der Waals surface area contributed by atoms with E-state index in [-0.39, 0.29) is 18.5 Å². The molecule has 0 saturated carbocycles. The molecular weight excluding hydrogens is 331 g/mol. The van der Waals surface area contributed by atoms with E-state index in [9.17, 15) is 13.2 Å². The zero-order chi connectivity index (χ0) is 18.4. The Morgan fingerprint density at radius 1 is 1.20 bits per heavy atom. The van der Waals surface area contributed by atoms with E-state index >= 15 is 0 Å². The molecule has 2 aromatic rings. The Morgan fingerprint density at radius 2 is 1.92 bits per heavy atom. The highest BCUT2D eigenvalue weighted by atomic mass is 19.4. The smallest absolute Gasteiger partial charge is 0.423 e. The van der Waals surface area contributed by atoms with E-state index in [1.807, 2.05) is 45.0 Å². The van der Waals surface area contributed by atoms with Gasteiger partial charge in [0, 0.05) is 11.9 Å². The third-order valence-electron chi connectivity index (χ3n) is 3.63. The Hall–Kier alpha value is -2.31. The maximum Gasteiger partial charge on any atom is 0.423 e. The van der Waals surface area contributed by atoms with Gasteiger partial charge in [-0.2, -0.15) is 18.2 Å². The predicted molar refractivity (Wildman–Crippen MR) is 91.3 cm³/mol. The van der Waals surface area contributed by atoms with E-state index in [4.69, 9.17) is 4.74 Å². The van der Waals surface area contributed by atoms with E-state index in [0.717, 1.165) is 23.9 Å². The average molecular weight is 353 g/mol. The molecule has 0 unspecified atom stereocenters. The number of para-hydroxylation sites is 1. The lowest BCUT2D eigenvalue weighted by molar-refractivity contribution is -0.139. The van der Waals surface area contributed by atoms with Crippen molar-refractivity contribution in [3.8, 4) is 5.88 Å². The van der Waals surface area contributed by atoms with Gasteiger partial charge in [-0.25, -0.2) is 4.98 Å². The Kier molecular flexibility index (Phi) is 6.22. The minimum absolute atomic E-state index is 0.0765. The lowest BCUT2D eigenvalue weighted by Crippen LogP contribution is -2.13. The lowest BCUT2D eigenvalue weighted by Gasteiger charge is -2.16. The maximum absolute atomic E-state index is 13.1. The number of anilines is 2. The fourth-order valence-electron chi connectivity index (χ4n) is 2.28. The van der Waals surface area contributed by atoms with Gasteiger partial charge in [-0.1, -0.05) is 45.4 Å². The van der Waals surface area contributed by atoms with Crippen LogP contribution in [0.3, 0.4) is 0 Å². The Bertz CT molecular complexity index is 702. The standard InChI is InChI=1S/C18H22F3N3O/c1-4-5-10-25-16-14(18(19,20)21)11-22-17(24-16)23-15-9-7-6-8-13(15)12(2)3/h6-9,11-12H,4-5,10H2,1-3H3,(H,22,23,24). The van der Waals surface area contributed by atoms with Gasteiger partial charge in [0.15, 0.2) is 0 Å². The molecule has 1 aromatic heterocycles. The van der Waals surface area contributed by atoms with Crippen LogP contribution in [0, 0.1) is 0 Å². The third-order valence-corrected chi connectivity index (χ3v) is 3.63. The first kappa shape index (κ1) is 19.0. The molecule has 25 heavy (non-hydrogen) atoms. The summed E-state index contributed by atoms with van der Waals surface area (Å²) in [7, 11) is 0. The topological polar surface area (TPSA) is 47.0 Å². The van der Waals surface area contributed by atoms with Gasteiger partial charge in [0.2, 0.25) is 11.8 Å². The highest BCUT2D eigenvalue weighted by molar-refractivity contribution is 5.59. The summed E-state index contributed by atoms with van der Waals surface area (Å²) < 4.78 is 44.6. The van der Waals surface area contributed by atoms with Crippen LogP contribution in [0.1, 0.15) is 50.7 Å². The summed E-state index contributed by atoms with van der Waals surface area (Å²) in [5.41, 5.74) is 0.822. The molecule has 0 aliphatic heterocycles. The van der Waals surface area contributed by atoms with Crippen LogP contribution in [0.5, 0.6) is 5.88 Å². The fourth-order valence-corrected chi connectivity index (χ4v) is 2.28. The van der Waals surface area contributed by atoms with Crippen LogP contribution in [-0.2, 0) is 6.18 Å². The molecule has 0 atom stereocenters. The van der Waals surface area contributed by atoms with Gasteiger partial charge in [-0.3, -0.25) is 0 Å². The predicted octanol–water partition coefficient (Wildman–Crippen LogP) is 5.54. The van der Waals surface area contributed by atoms with Crippen LogP contribution in [0.15, 0.2) is 30.5 Å². The van der Waals surface area contributed by atoms with Crippen molar-refractivity contribution in [3.05, 3.63) is 41.6 Å². The summed E-state index contributed by atoms with van der Waals surface area (Å²) in [6, 6.07) is 7.55. The maximum atomic E-state index is 13.1. The molecule has 0 aliphatic rings. The van der Waals surface area contributed by atoms with E-state index in [0.29, 0.717) is 6.42 Å². The second-order valence-corrected chi connectivity index (χ2v) is 5.98. The highest BCUT2D eigenvalue weighted by Crippen LogP contribution is 2.35. The normalized spacial score (nSPS) is 11.6. The van der Waals surface area contributed by atoms with Crippen molar-refractivity contribution < 1.29 is 17.9 Å². The summed E-state index contributed by atoms with van der Waals surface area (Å²) in [5.74, 6) is -0.119. The van der Waals surface area contributed by atoms with Crippen LogP contribution < -0.4 is 10.1 Å². The zero-order valence-corrected chi connectivity index (χ0v) is 14.5. The van der Waals surface area contributed by atoms with Crippen LogP contribution in [0.25, 0.3) is 0 Å². The van der Waals surface area contributed by atoms with Crippen molar-refractivity contribution in [2.75, 3.05) is 11.9 Å². The molecule has 0 bridgehead atoms. The highest BCUT2D eigenvalue weighted by Gasteiger charge is 2.36. The van der Waals surface area contributed by atoms with Crippen LogP contribution >= 0.6 is 0 Å². The molecule has 0 radical (unpaired) electrons. The summed E-state index contributed by atoms with van der Waals surface area (Å²) in [5, 5.41) is 2.99. The molecule has 7 heteroatoms. The largest absolute Gasteiger partial charge is 0.477 e. The van der Waals surface area contributed by atoms with Gasteiger partial charge in [-0.15, -0.1) is 0 Å². The Morgan fingerprint density at radius 3 is 2.56 bits per heavy atom. The second-order valence-electron chi connectivity index (χ2n) is 5.98. The molecule has 4 nitrogen and oxygen atoms in total. The van der Waals surface area contributed by atoms with Crippen molar-refractivity contribution in [1.82, 2.24) is 9.97 Å². The molecule has 136 valence electrons. The van der Waals surface area contributed by atoms with Crippen molar-refractivity contribution >= 4 is 11.6 Å².